The summed E-state index contributed by atoms with van der Waals surface area (Å²) in [6.07, 6.45) is 4.77. The van der Waals surface area contributed by atoms with Crippen LogP contribution in [0.2, 0.25) is 0 Å². The molecule has 1 saturated heterocycles. The summed E-state index contributed by atoms with van der Waals surface area (Å²) in [4.78, 5) is 18.1. The van der Waals surface area contributed by atoms with E-state index in [0.29, 0.717) is 5.69 Å². The molecule has 88 valence electrons. The number of carbonyl (C=O) groups is 1. The summed E-state index contributed by atoms with van der Waals surface area (Å²) in [6, 6.07) is 0. The number of likely N-dealkylation sites (tertiary alicyclic amines) is 1. The fourth-order valence-electron chi connectivity index (χ4n) is 2.26. The third kappa shape index (κ3) is 2.61. The maximum Gasteiger partial charge on any atom is 0.273 e. The zero-order valence-corrected chi connectivity index (χ0v) is 10.5. The van der Waals surface area contributed by atoms with Crippen molar-refractivity contribution in [3.63, 3.8) is 0 Å². The van der Waals surface area contributed by atoms with Crippen LogP contribution in [0.3, 0.4) is 0 Å². The third-order valence-corrected chi connectivity index (χ3v) is 3.95. The number of rotatable bonds is 2. The largest absolute Gasteiger partial charge is 0.337 e. The first-order chi connectivity index (χ1) is 7.81. The minimum absolute atomic E-state index is 0.109. The number of hydrogen-bond acceptors (Lipinski definition) is 3. The minimum atomic E-state index is 0.109. The van der Waals surface area contributed by atoms with E-state index < -0.39 is 0 Å². The van der Waals surface area contributed by atoms with E-state index in [0.717, 1.165) is 31.8 Å². The molecule has 0 radical (unpaired) electrons. The summed E-state index contributed by atoms with van der Waals surface area (Å²) < 4.78 is 0. The SMILES string of the molecule is CCC1CCCN(C(=O)c2cscn2)CC1. The van der Waals surface area contributed by atoms with Gasteiger partial charge in [0, 0.05) is 18.5 Å². The van der Waals surface area contributed by atoms with E-state index in [4.69, 9.17) is 0 Å². The van der Waals surface area contributed by atoms with Crippen LogP contribution in [0.15, 0.2) is 10.9 Å². The maximum absolute atomic E-state index is 12.1. The van der Waals surface area contributed by atoms with Gasteiger partial charge in [-0.3, -0.25) is 4.79 Å². The lowest BCUT2D eigenvalue weighted by Crippen LogP contribution is -2.32. The Labute approximate surface area is 100 Å². The highest BCUT2D eigenvalue weighted by Crippen LogP contribution is 2.21. The molecule has 0 bridgehead atoms. The molecule has 3 nitrogen and oxygen atoms in total. The average Bonchev–Trinajstić information content (AvgIpc) is 2.73. The number of hydrogen-bond donors (Lipinski definition) is 0. The van der Waals surface area contributed by atoms with E-state index in [1.165, 1.54) is 24.2 Å². The minimum Gasteiger partial charge on any atom is -0.337 e. The molecule has 4 heteroatoms. The average molecular weight is 238 g/mol. The summed E-state index contributed by atoms with van der Waals surface area (Å²) in [5.41, 5.74) is 2.33. The van der Waals surface area contributed by atoms with E-state index in [-0.39, 0.29) is 5.91 Å². The number of aromatic nitrogens is 1. The second kappa shape index (κ2) is 5.43. The van der Waals surface area contributed by atoms with E-state index in [9.17, 15) is 4.79 Å². The van der Waals surface area contributed by atoms with E-state index in [1.807, 2.05) is 10.3 Å². The predicted octanol–water partition coefficient (Wildman–Crippen LogP) is 2.80. The van der Waals surface area contributed by atoms with Crippen LogP contribution in [0, 0.1) is 5.92 Å². The molecule has 1 fully saturated rings. The normalized spacial score (nSPS) is 21.8. The lowest BCUT2D eigenvalue weighted by atomic mass is 9.98. The van der Waals surface area contributed by atoms with Crippen LogP contribution in [0.4, 0.5) is 0 Å². The van der Waals surface area contributed by atoms with Crippen LogP contribution in [-0.4, -0.2) is 28.9 Å². The van der Waals surface area contributed by atoms with Crippen LogP contribution < -0.4 is 0 Å². The molecule has 0 N–H and O–H groups in total. The van der Waals surface area contributed by atoms with Gasteiger partial charge in [0.2, 0.25) is 0 Å². The molecule has 1 aliphatic heterocycles. The zero-order chi connectivity index (χ0) is 11.4. The first kappa shape index (κ1) is 11.6. The molecular weight excluding hydrogens is 220 g/mol. The van der Waals surface area contributed by atoms with Crippen LogP contribution in [-0.2, 0) is 0 Å². The van der Waals surface area contributed by atoms with Crippen LogP contribution in [0.5, 0.6) is 0 Å². The van der Waals surface area contributed by atoms with Crippen molar-refractivity contribution in [2.75, 3.05) is 13.1 Å². The second-order valence-corrected chi connectivity index (χ2v) is 5.09. The lowest BCUT2D eigenvalue weighted by Gasteiger charge is -2.19. The van der Waals surface area contributed by atoms with Crippen molar-refractivity contribution in [2.24, 2.45) is 5.92 Å². The first-order valence-corrected chi connectivity index (χ1v) is 6.93. The van der Waals surface area contributed by atoms with Gasteiger partial charge in [-0.15, -0.1) is 11.3 Å². The van der Waals surface area contributed by atoms with Gasteiger partial charge in [0.1, 0.15) is 5.69 Å². The Morgan fingerprint density at radius 3 is 3.12 bits per heavy atom. The van der Waals surface area contributed by atoms with Gasteiger partial charge in [-0.05, 0) is 25.2 Å². The van der Waals surface area contributed by atoms with Crippen molar-refractivity contribution in [3.05, 3.63) is 16.6 Å². The van der Waals surface area contributed by atoms with Crippen molar-refractivity contribution in [2.45, 2.75) is 32.6 Å². The molecule has 0 aliphatic carbocycles. The van der Waals surface area contributed by atoms with Gasteiger partial charge in [-0.1, -0.05) is 13.3 Å². The molecule has 1 aliphatic rings. The van der Waals surface area contributed by atoms with Crippen molar-refractivity contribution in [1.82, 2.24) is 9.88 Å². The van der Waals surface area contributed by atoms with Crippen molar-refractivity contribution >= 4 is 17.2 Å². The number of carbonyl (C=O) groups excluding carboxylic acids is 1. The molecule has 0 aromatic carbocycles. The quantitative estimate of drug-likeness (QED) is 0.793. The van der Waals surface area contributed by atoms with Gasteiger partial charge < -0.3 is 4.90 Å². The number of thiazole rings is 1. The molecule has 2 rings (SSSR count). The van der Waals surface area contributed by atoms with Crippen molar-refractivity contribution in [1.29, 1.82) is 0 Å². The summed E-state index contributed by atoms with van der Waals surface area (Å²) in [6.45, 7) is 4.03. The fraction of sp³-hybridized carbons (Fsp3) is 0.667. The van der Waals surface area contributed by atoms with E-state index in [1.54, 1.807) is 5.51 Å². The van der Waals surface area contributed by atoms with E-state index in [2.05, 4.69) is 11.9 Å². The number of nitrogens with zero attached hydrogens (tertiary/aromatic N) is 2. The maximum atomic E-state index is 12.1. The molecule has 2 heterocycles. The molecule has 0 saturated carbocycles. The van der Waals surface area contributed by atoms with Crippen molar-refractivity contribution < 1.29 is 4.79 Å². The summed E-state index contributed by atoms with van der Waals surface area (Å²) in [7, 11) is 0. The molecule has 0 spiro atoms. The summed E-state index contributed by atoms with van der Waals surface area (Å²) >= 11 is 1.48. The number of amides is 1. The zero-order valence-electron chi connectivity index (χ0n) is 9.69. The fourth-order valence-corrected chi connectivity index (χ4v) is 2.78. The Balaban J connectivity index is 1.97. The summed E-state index contributed by atoms with van der Waals surface area (Å²) in [5, 5.41) is 1.84. The topological polar surface area (TPSA) is 33.2 Å². The van der Waals surface area contributed by atoms with Gasteiger partial charge in [-0.25, -0.2) is 4.98 Å². The van der Waals surface area contributed by atoms with Gasteiger partial charge >= 0.3 is 0 Å². The molecule has 16 heavy (non-hydrogen) atoms. The lowest BCUT2D eigenvalue weighted by molar-refractivity contribution is 0.0755. The molecule has 1 amide bonds. The first-order valence-electron chi connectivity index (χ1n) is 5.98. The Morgan fingerprint density at radius 2 is 2.44 bits per heavy atom. The standard InChI is InChI=1S/C12H18N2OS/c1-2-10-4-3-6-14(7-5-10)12(15)11-8-16-9-13-11/h8-10H,2-7H2,1H3. The van der Waals surface area contributed by atoms with Crippen LogP contribution >= 0.6 is 11.3 Å². The summed E-state index contributed by atoms with van der Waals surface area (Å²) in [5.74, 6) is 0.909. The molecule has 1 atom stereocenters. The monoisotopic (exact) mass is 238 g/mol. The van der Waals surface area contributed by atoms with Crippen LogP contribution in [0.1, 0.15) is 43.1 Å². The smallest absolute Gasteiger partial charge is 0.273 e. The van der Waals surface area contributed by atoms with Gasteiger partial charge in [0.05, 0.1) is 5.51 Å². The highest BCUT2D eigenvalue weighted by molar-refractivity contribution is 7.07. The molecule has 1 unspecified atom stereocenters. The van der Waals surface area contributed by atoms with Crippen molar-refractivity contribution in [3.8, 4) is 0 Å². The Morgan fingerprint density at radius 1 is 1.56 bits per heavy atom. The molecule has 1 aromatic rings. The van der Waals surface area contributed by atoms with Gasteiger partial charge in [-0.2, -0.15) is 0 Å². The van der Waals surface area contributed by atoms with Gasteiger partial charge in [0.15, 0.2) is 0 Å². The van der Waals surface area contributed by atoms with E-state index >= 15 is 0 Å². The third-order valence-electron chi connectivity index (χ3n) is 3.36. The highest BCUT2D eigenvalue weighted by Gasteiger charge is 2.21. The Kier molecular flexibility index (Phi) is 3.93. The Bertz CT molecular complexity index is 337. The second-order valence-electron chi connectivity index (χ2n) is 4.37. The molecular formula is C12H18N2OS. The van der Waals surface area contributed by atoms with Gasteiger partial charge in [0.25, 0.3) is 5.91 Å². The van der Waals surface area contributed by atoms with Crippen LogP contribution in [0.25, 0.3) is 0 Å². The Hall–Kier alpha value is -0.900. The predicted molar refractivity (Wildman–Crippen MR) is 65.6 cm³/mol. The highest BCUT2D eigenvalue weighted by atomic mass is 32.1. The molecule has 1 aromatic heterocycles.